The molecule has 0 aliphatic heterocycles. The summed E-state index contributed by atoms with van der Waals surface area (Å²) in [5.41, 5.74) is 1.03. The molecule has 1 nitrogen and oxygen atoms in total. The smallest absolute Gasteiger partial charge is 0.175 e. The molecule has 4 aliphatic rings. The van der Waals surface area contributed by atoms with Crippen molar-refractivity contribution in [1.29, 1.82) is 0 Å². The molecule has 2 heteroatoms. The highest BCUT2D eigenvalue weighted by Crippen LogP contribution is 2.53. The van der Waals surface area contributed by atoms with Crippen LogP contribution in [0.1, 0.15) is 12.8 Å². The first kappa shape index (κ1) is 7.57. The summed E-state index contributed by atoms with van der Waals surface area (Å²) in [7, 11) is 0. The van der Waals surface area contributed by atoms with Crippen LogP contribution in [-0.4, -0.2) is 5.78 Å². The molecular weight excluding hydrogens is 184 g/mol. The first-order valence-electron chi connectivity index (χ1n) is 4.52. The first-order valence-corrected chi connectivity index (χ1v) is 4.90. The molecule has 66 valence electrons. The molecule has 0 N–H and O–H groups in total. The fourth-order valence-electron chi connectivity index (χ4n) is 2.50. The van der Waals surface area contributed by atoms with Gasteiger partial charge in [0, 0.05) is 11.8 Å². The van der Waals surface area contributed by atoms with Crippen molar-refractivity contribution in [3.8, 4) is 0 Å². The standard InChI is InChI=1S/C11H9ClO/c12-10-8-5-7-1-3-11(8,4-2-7)6-9(10)13/h1-4,7H,5-6H2. The Morgan fingerprint density at radius 2 is 2.08 bits per heavy atom. The Kier molecular flexibility index (Phi) is 1.26. The number of hydrogen-bond donors (Lipinski definition) is 0. The third-order valence-corrected chi connectivity index (χ3v) is 3.69. The van der Waals surface area contributed by atoms with E-state index in [0.29, 0.717) is 17.4 Å². The summed E-state index contributed by atoms with van der Waals surface area (Å²) in [6.45, 7) is 0. The minimum atomic E-state index is -0.122. The van der Waals surface area contributed by atoms with E-state index in [1.807, 2.05) is 0 Å². The number of ketones is 1. The van der Waals surface area contributed by atoms with Gasteiger partial charge in [0.15, 0.2) is 5.78 Å². The average molecular weight is 193 g/mol. The van der Waals surface area contributed by atoms with E-state index in [0.717, 1.165) is 12.0 Å². The molecule has 0 heterocycles. The predicted octanol–water partition coefficient (Wildman–Crippen LogP) is 2.58. The summed E-state index contributed by atoms with van der Waals surface area (Å²) >= 11 is 5.99. The maximum Gasteiger partial charge on any atom is 0.175 e. The van der Waals surface area contributed by atoms with E-state index in [-0.39, 0.29) is 11.2 Å². The van der Waals surface area contributed by atoms with Gasteiger partial charge in [0.2, 0.25) is 0 Å². The maximum absolute atomic E-state index is 11.5. The number of rotatable bonds is 0. The molecule has 0 aromatic rings. The van der Waals surface area contributed by atoms with Crippen LogP contribution in [-0.2, 0) is 4.79 Å². The van der Waals surface area contributed by atoms with Gasteiger partial charge in [-0.25, -0.2) is 0 Å². The second-order valence-corrected chi connectivity index (χ2v) is 4.40. The lowest BCUT2D eigenvalue weighted by Gasteiger charge is -2.35. The Hall–Kier alpha value is -0.820. The third kappa shape index (κ3) is 0.806. The largest absolute Gasteiger partial charge is 0.293 e. The molecule has 1 spiro atoms. The topological polar surface area (TPSA) is 17.1 Å². The van der Waals surface area contributed by atoms with Crippen molar-refractivity contribution in [2.45, 2.75) is 12.8 Å². The highest BCUT2D eigenvalue weighted by atomic mass is 35.5. The number of carbonyl (C=O) groups is 1. The second kappa shape index (κ2) is 2.16. The predicted molar refractivity (Wildman–Crippen MR) is 51.3 cm³/mol. The van der Waals surface area contributed by atoms with E-state index in [9.17, 15) is 4.79 Å². The number of halogens is 1. The van der Waals surface area contributed by atoms with E-state index < -0.39 is 0 Å². The molecule has 0 radical (unpaired) electrons. The summed E-state index contributed by atoms with van der Waals surface area (Å²) < 4.78 is 0. The molecule has 4 rings (SSSR count). The molecule has 0 saturated heterocycles. The molecule has 0 saturated carbocycles. The van der Waals surface area contributed by atoms with Crippen molar-refractivity contribution in [3.63, 3.8) is 0 Å². The second-order valence-electron chi connectivity index (χ2n) is 4.02. The fraction of sp³-hybridized carbons (Fsp3) is 0.364. The van der Waals surface area contributed by atoms with E-state index in [1.54, 1.807) is 0 Å². The number of Topliss-reactive ketones (excluding diaryl/α,β-unsaturated/α-hetero) is 1. The first-order chi connectivity index (χ1) is 6.21. The molecule has 2 bridgehead atoms. The van der Waals surface area contributed by atoms with Gasteiger partial charge in [0.05, 0.1) is 5.03 Å². The van der Waals surface area contributed by atoms with Gasteiger partial charge in [0.25, 0.3) is 0 Å². The van der Waals surface area contributed by atoms with Gasteiger partial charge in [-0.05, 0) is 17.9 Å². The van der Waals surface area contributed by atoms with Crippen LogP contribution in [0.2, 0.25) is 0 Å². The van der Waals surface area contributed by atoms with Gasteiger partial charge >= 0.3 is 0 Å². The number of allylic oxidation sites excluding steroid dienone is 6. The van der Waals surface area contributed by atoms with E-state index in [4.69, 9.17) is 11.6 Å². The van der Waals surface area contributed by atoms with Crippen LogP contribution in [0.25, 0.3) is 0 Å². The molecule has 0 amide bonds. The maximum atomic E-state index is 11.5. The highest BCUT2D eigenvalue weighted by Gasteiger charge is 2.45. The lowest BCUT2D eigenvalue weighted by Crippen LogP contribution is -2.25. The molecular formula is C11H9ClO. The Balaban J connectivity index is 2.25. The average Bonchev–Trinajstić information content (AvgIpc) is 2.41. The Morgan fingerprint density at radius 1 is 1.38 bits per heavy atom. The zero-order valence-electron chi connectivity index (χ0n) is 7.09. The normalized spacial score (nSPS) is 40.4. The zero-order valence-corrected chi connectivity index (χ0v) is 7.84. The molecule has 13 heavy (non-hydrogen) atoms. The Bertz CT molecular complexity index is 373. The molecule has 0 unspecified atom stereocenters. The van der Waals surface area contributed by atoms with Crippen molar-refractivity contribution >= 4 is 17.4 Å². The summed E-state index contributed by atoms with van der Waals surface area (Å²) in [5.74, 6) is 0.574. The summed E-state index contributed by atoms with van der Waals surface area (Å²) in [4.78, 5) is 11.5. The highest BCUT2D eigenvalue weighted by molar-refractivity contribution is 6.44. The molecule has 0 aromatic heterocycles. The lowest BCUT2D eigenvalue weighted by molar-refractivity contribution is -0.115. The minimum Gasteiger partial charge on any atom is -0.293 e. The van der Waals surface area contributed by atoms with E-state index in [1.165, 1.54) is 0 Å². The summed E-state index contributed by atoms with van der Waals surface area (Å²) in [5, 5.41) is 0.499. The lowest BCUT2D eigenvalue weighted by atomic mass is 9.68. The van der Waals surface area contributed by atoms with E-state index in [2.05, 4.69) is 24.3 Å². The number of hydrogen-bond acceptors (Lipinski definition) is 1. The summed E-state index contributed by atoms with van der Waals surface area (Å²) in [6, 6.07) is 0. The van der Waals surface area contributed by atoms with Crippen LogP contribution in [0.3, 0.4) is 0 Å². The monoisotopic (exact) mass is 192 g/mol. The Morgan fingerprint density at radius 3 is 2.69 bits per heavy atom. The van der Waals surface area contributed by atoms with Crippen LogP contribution < -0.4 is 0 Å². The van der Waals surface area contributed by atoms with Crippen LogP contribution in [0.4, 0.5) is 0 Å². The molecule has 0 aromatic carbocycles. The van der Waals surface area contributed by atoms with Crippen LogP contribution in [0.5, 0.6) is 0 Å². The number of carbonyl (C=O) groups excluding carboxylic acids is 1. The van der Waals surface area contributed by atoms with Gasteiger partial charge < -0.3 is 0 Å². The van der Waals surface area contributed by atoms with Crippen molar-refractivity contribution in [2.24, 2.45) is 11.3 Å². The van der Waals surface area contributed by atoms with Crippen molar-refractivity contribution in [1.82, 2.24) is 0 Å². The van der Waals surface area contributed by atoms with Crippen LogP contribution in [0, 0.1) is 11.3 Å². The third-order valence-electron chi connectivity index (χ3n) is 3.25. The molecule has 4 aliphatic carbocycles. The Labute approximate surface area is 81.8 Å². The van der Waals surface area contributed by atoms with Gasteiger partial charge in [-0.3, -0.25) is 4.79 Å². The SMILES string of the molecule is O=C1CC23C=CC(C=C2)CC3=C1Cl. The van der Waals surface area contributed by atoms with Crippen LogP contribution >= 0.6 is 11.6 Å². The minimum absolute atomic E-state index is 0.105. The molecule has 0 atom stereocenters. The fourth-order valence-corrected chi connectivity index (χ4v) is 2.82. The van der Waals surface area contributed by atoms with Crippen molar-refractivity contribution in [2.75, 3.05) is 0 Å². The summed E-state index contributed by atoms with van der Waals surface area (Å²) in [6.07, 6.45) is 10.1. The zero-order chi connectivity index (χ0) is 9.05. The van der Waals surface area contributed by atoms with Gasteiger partial charge in [-0.1, -0.05) is 35.9 Å². The van der Waals surface area contributed by atoms with Crippen molar-refractivity contribution < 1.29 is 4.79 Å². The van der Waals surface area contributed by atoms with Gasteiger partial charge in [-0.15, -0.1) is 0 Å². The van der Waals surface area contributed by atoms with Crippen LogP contribution in [0.15, 0.2) is 34.9 Å². The van der Waals surface area contributed by atoms with Crippen molar-refractivity contribution in [3.05, 3.63) is 34.9 Å². The van der Waals surface area contributed by atoms with Gasteiger partial charge in [0.1, 0.15) is 0 Å². The molecule has 0 fully saturated rings. The quantitative estimate of drug-likeness (QED) is 0.540. The van der Waals surface area contributed by atoms with Gasteiger partial charge in [-0.2, -0.15) is 0 Å². The van der Waals surface area contributed by atoms with E-state index >= 15 is 0 Å².